The molecule has 0 heterocycles. The first-order valence-electron chi connectivity index (χ1n) is 6.00. The maximum absolute atomic E-state index is 13.0. The highest BCUT2D eigenvalue weighted by atomic mass is 19.1. The Hall–Kier alpha value is -1.00. The second kappa shape index (κ2) is 5.56. The Bertz CT molecular complexity index is 357. The number of halogens is 2. The zero-order valence-electron chi connectivity index (χ0n) is 10.0. The normalized spacial score (nSPS) is 15.5. The highest BCUT2D eigenvalue weighted by Crippen LogP contribution is 2.18. The van der Waals surface area contributed by atoms with Crippen LogP contribution in [0.5, 0.6) is 0 Å². The first kappa shape index (κ1) is 12.5. The maximum Gasteiger partial charge on any atom is 0.126 e. The topological polar surface area (TPSA) is 15.3 Å². The summed E-state index contributed by atoms with van der Waals surface area (Å²) >= 11 is 0. The number of nitrogens with one attached hydrogen (secondary N) is 1. The van der Waals surface area contributed by atoms with Crippen molar-refractivity contribution < 1.29 is 8.78 Å². The van der Waals surface area contributed by atoms with Crippen LogP contribution in [0.1, 0.15) is 18.4 Å². The Labute approximate surface area is 101 Å². The van der Waals surface area contributed by atoms with Crippen LogP contribution in [0.25, 0.3) is 0 Å². The Morgan fingerprint density at radius 1 is 1.24 bits per heavy atom. The van der Waals surface area contributed by atoms with Gasteiger partial charge in [-0.15, -0.1) is 0 Å². The Morgan fingerprint density at radius 2 is 1.88 bits per heavy atom. The highest BCUT2D eigenvalue weighted by molar-refractivity contribution is 5.17. The predicted octanol–water partition coefficient (Wildman–Crippen LogP) is 2.15. The Balaban J connectivity index is 1.77. The molecule has 2 rings (SSSR count). The van der Waals surface area contributed by atoms with Crippen molar-refractivity contribution in [2.45, 2.75) is 25.4 Å². The van der Waals surface area contributed by atoms with Gasteiger partial charge in [0.25, 0.3) is 0 Å². The van der Waals surface area contributed by atoms with E-state index < -0.39 is 11.6 Å². The molecule has 1 N–H and O–H groups in total. The van der Waals surface area contributed by atoms with Gasteiger partial charge in [0.05, 0.1) is 0 Å². The SMILES string of the molecule is CN(CCNC1CC1)Cc1cc(F)cc(F)c1. The summed E-state index contributed by atoms with van der Waals surface area (Å²) in [6.07, 6.45) is 2.55. The van der Waals surface area contributed by atoms with Gasteiger partial charge in [-0.1, -0.05) is 0 Å². The van der Waals surface area contributed by atoms with Crippen molar-refractivity contribution in [2.24, 2.45) is 0 Å². The van der Waals surface area contributed by atoms with Crippen LogP contribution < -0.4 is 5.32 Å². The molecule has 0 radical (unpaired) electrons. The van der Waals surface area contributed by atoms with Crippen molar-refractivity contribution in [3.8, 4) is 0 Å². The zero-order valence-corrected chi connectivity index (χ0v) is 10.0. The molecular weight excluding hydrogens is 222 g/mol. The molecule has 1 aliphatic carbocycles. The Morgan fingerprint density at radius 3 is 2.47 bits per heavy atom. The van der Waals surface area contributed by atoms with Crippen LogP contribution in [0.3, 0.4) is 0 Å². The third-order valence-electron chi connectivity index (χ3n) is 2.88. The van der Waals surface area contributed by atoms with Gasteiger partial charge in [0, 0.05) is 31.7 Å². The number of likely N-dealkylation sites (N-methyl/N-ethyl adjacent to an activating group) is 1. The predicted molar refractivity (Wildman–Crippen MR) is 63.7 cm³/mol. The van der Waals surface area contributed by atoms with E-state index in [-0.39, 0.29) is 0 Å². The molecule has 0 aromatic heterocycles. The number of rotatable bonds is 6. The van der Waals surface area contributed by atoms with Crippen molar-refractivity contribution in [3.05, 3.63) is 35.4 Å². The largest absolute Gasteiger partial charge is 0.313 e. The van der Waals surface area contributed by atoms with Crippen molar-refractivity contribution in [2.75, 3.05) is 20.1 Å². The van der Waals surface area contributed by atoms with Gasteiger partial charge in [-0.2, -0.15) is 0 Å². The minimum Gasteiger partial charge on any atom is -0.313 e. The molecule has 17 heavy (non-hydrogen) atoms. The van der Waals surface area contributed by atoms with E-state index in [0.717, 1.165) is 19.2 Å². The molecule has 0 unspecified atom stereocenters. The molecule has 1 saturated carbocycles. The number of hydrogen-bond donors (Lipinski definition) is 1. The molecule has 94 valence electrons. The summed E-state index contributed by atoms with van der Waals surface area (Å²) in [6, 6.07) is 4.37. The molecule has 0 saturated heterocycles. The first-order valence-corrected chi connectivity index (χ1v) is 6.00. The van der Waals surface area contributed by atoms with Crippen LogP contribution in [0.15, 0.2) is 18.2 Å². The molecule has 0 amide bonds. The molecular formula is C13H18F2N2. The molecule has 1 aromatic rings. The molecule has 0 spiro atoms. The van der Waals surface area contributed by atoms with Gasteiger partial charge in [0.2, 0.25) is 0 Å². The zero-order chi connectivity index (χ0) is 12.3. The van der Waals surface area contributed by atoms with Crippen molar-refractivity contribution in [1.82, 2.24) is 10.2 Å². The molecule has 2 nitrogen and oxygen atoms in total. The average Bonchev–Trinajstić information content (AvgIpc) is 2.99. The summed E-state index contributed by atoms with van der Waals surface area (Å²) < 4.78 is 25.9. The van der Waals surface area contributed by atoms with Crippen LogP contribution in [-0.4, -0.2) is 31.1 Å². The van der Waals surface area contributed by atoms with Gasteiger partial charge in [0.15, 0.2) is 0 Å². The number of benzene rings is 1. The fourth-order valence-corrected chi connectivity index (χ4v) is 1.84. The maximum atomic E-state index is 13.0. The summed E-state index contributed by atoms with van der Waals surface area (Å²) in [5, 5.41) is 3.41. The average molecular weight is 240 g/mol. The Kier molecular flexibility index (Phi) is 4.07. The molecule has 1 fully saturated rings. The van der Waals surface area contributed by atoms with Crippen molar-refractivity contribution >= 4 is 0 Å². The van der Waals surface area contributed by atoms with Crippen molar-refractivity contribution in [3.63, 3.8) is 0 Å². The van der Waals surface area contributed by atoms with Crippen LogP contribution in [0.4, 0.5) is 8.78 Å². The van der Waals surface area contributed by atoms with Crippen LogP contribution in [0.2, 0.25) is 0 Å². The summed E-state index contributed by atoms with van der Waals surface area (Å²) in [5.74, 6) is -1.02. The van der Waals surface area contributed by atoms with Gasteiger partial charge in [-0.25, -0.2) is 8.78 Å². The number of nitrogens with zero attached hydrogens (tertiary/aromatic N) is 1. The molecule has 0 atom stereocenters. The summed E-state index contributed by atoms with van der Waals surface area (Å²) in [5.41, 5.74) is 0.677. The first-order chi connectivity index (χ1) is 8.13. The third kappa shape index (κ3) is 4.40. The fraction of sp³-hybridized carbons (Fsp3) is 0.538. The third-order valence-corrected chi connectivity index (χ3v) is 2.88. The smallest absolute Gasteiger partial charge is 0.126 e. The summed E-state index contributed by atoms with van der Waals surface area (Å²) in [6.45, 7) is 2.38. The van der Waals surface area contributed by atoms with E-state index in [9.17, 15) is 8.78 Å². The van der Waals surface area contributed by atoms with Crippen LogP contribution in [0, 0.1) is 11.6 Å². The van der Waals surface area contributed by atoms with Crippen LogP contribution in [-0.2, 0) is 6.54 Å². The van der Waals surface area contributed by atoms with E-state index in [1.165, 1.54) is 25.0 Å². The quantitative estimate of drug-likeness (QED) is 0.819. The van der Waals surface area contributed by atoms with Gasteiger partial charge in [-0.05, 0) is 37.6 Å². The second-order valence-electron chi connectivity index (χ2n) is 4.74. The van der Waals surface area contributed by atoms with Gasteiger partial charge in [-0.3, -0.25) is 0 Å². The minimum atomic E-state index is -0.510. The summed E-state index contributed by atoms with van der Waals surface area (Å²) in [4.78, 5) is 2.06. The molecule has 0 aliphatic heterocycles. The molecule has 1 aliphatic rings. The molecule has 1 aromatic carbocycles. The second-order valence-corrected chi connectivity index (χ2v) is 4.74. The van der Waals surface area contributed by atoms with Gasteiger partial charge >= 0.3 is 0 Å². The summed E-state index contributed by atoms with van der Waals surface area (Å²) in [7, 11) is 1.96. The highest BCUT2D eigenvalue weighted by Gasteiger charge is 2.19. The minimum absolute atomic E-state index is 0.510. The van der Waals surface area contributed by atoms with E-state index in [2.05, 4.69) is 10.2 Å². The lowest BCUT2D eigenvalue weighted by Gasteiger charge is -2.17. The monoisotopic (exact) mass is 240 g/mol. The molecule has 4 heteroatoms. The van der Waals surface area contributed by atoms with E-state index in [0.29, 0.717) is 18.2 Å². The van der Waals surface area contributed by atoms with Gasteiger partial charge < -0.3 is 10.2 Å². The van der Waals surface area contributed by atoms with Crippen molar-refractivity contribution in [1.29, 1.82) is 0 Å². The van der Waals surface area contributed by atoms with Crippen LogP contribution >= 0.6 is 0 Å². The van der Waals surface area contributed by atoms with E-state index in [1.807, 2.05) is 7.05 Å². The van der Waals surface area contributed by atoms with Gasteiger partial charge in [0.1, 0.15) is 11.6 Å². The standard InChI is InChI=1S/C13H18F2N2/c1-17(5-4-16-13-2-3-13)9-10-6-11(14)8-12(15)7-10/h6-8,13,16H,2-5,9H2,1H3. The lowest BCUT2D eigenvalue weighted by molar-refractivity contribution is 0.323. The van der Waals surface area contributed by atoms with E-state index >= 15 is 0 Å². The fourth-order valence-electron chi connectivity index (χ4n) is 1.84. The number of hydrogen-bond acceptors (Lipinski definition) is 2. The van der Waals surface area contributed by atoms with E-state index in [4.69, 9.17) is 0 Å². The van der Waals surface area contributed by atoms with E-state index in [1.54, 1.807) is 0 Å². The molecule has 0 bridgehead atoms. The lowest BCUT2D eigenvalue weighted by atomic mass is 10.2. The lowest BCUT2D eigenvalue weighted by Crippen LogP contribution is -2.30.